The Hall–Kier alpha value is -1.36. The largest absolute Gasteiger partial charge is 0.465 e. The molecule has 0 saturated carbocycles. The third kappa shape index (κ3) is 2.90. The zero-order chi connectivity index (χ0) is 13.0. The molecule has 0 aliphatic carbocycles. The van der Waals surface area contributed by atoms with E-state index in [1.807, 2.05) is 7.05 Å². The summed E-state index contributed by atoms with van der Waals surface area (Å²) in [6, 6.07) is 0. The SMILES string of the molecule is COC(=O)c1cnn(C)c1CN1CCCCCC1. The molecule has 1 aliphatic rings. The van der Waals surface area contributed by atoms with Crippen LogP contribution in [0.25, 0.3) is 0 Å². The van der Waals surface area contributed by atoms with Crippen molar-refractivity contribution in [3.63, 3.8) is 0 Å². The van der Waals surface area contributed by atoms with Gasteiger partial charge in [-0.1, -0.05) is 12.8 Å². The lowest BCUT2D eigenvalue weighted by molar-refractivity contribution is 0.0598. The van der Waals surface area contributed by atoms with E-state index in [0.717, 1.165) is 25.3 Å². The van der Waals surface area contributed by atoms with Gasteiger partial charge in [-0.3, -0.25) is 9.58 Å². The van der Waals surface area contributed by atoms with Crippen molar-refractivity contribution in [3.05, 3.63) is 17.5 Å². The number of carbonyl (C=O) groups excluding carboxylic acids is 1. The summed E-state index contributed by atoms with van der Waals surface area (Å²) in [6.45, 7) is 2.98. The lowest BCUT2D eigenvalue weighted by atomic mass is 10.2. The first-order valence-corrected chi connectivity index (χ1v) is 6.54. The fraction of sp³-hybridized carbons (Fsp3) is 0.692. The fourth-order valence-electron chi connectivity index (χ4n) is 2.44. The van der Waals surface area contributed by atoms with Crippen LogP contribution >= 0.6 is 0 Å². The number of methoxy groups -OCH3 is 1. The van der Waals surface area contributed by atoms with E-state index in [4.69, 9.17) is 4.74 Å². The van der Waals surface area contributed by atoms with E-state index >= 15 is 0 Å². The molecule has 1 saturated heterocycles. The van der Waals surface area contributed by atoms with Crippen LogP contribution in [0.15, 0.2) is 6.20 Å². The first-order valence-electron chi connectivity index (χ1n) is 6.54. The van der Waals surface area contributed by atoms with Crippen LogP contribution in [0.2, 0.25) is 0 Å². The third-order valence-corrected chi connectivity index (χ3v) is 3.54. The number of aryl methyl sites for hydroxylation is 1. The van der Waals surface area contributed by atoms with Crippen molar-refractivity contribution >= 4 is 5.97 Å². The topological polar surface area (TPSA) is 47.4 Å². The molecule has 0 N–H and O–H groups in total. The van der Waals surface area contributed by atoms with Gasteiger partial charge in [-0.15, -0.1) is 0 Å². The van der Waals surface area contributed by atoms with E-state index in [1.165, 1.54) is 32.8 Å². The Labute approximate surface area is 108 Å². The van der Waals surface area contributed by atoms with Crippen molar-refractivity contribution in [3.8, 4) is 0 Å². The minimum absolute atomic E-state index is 0.298. The number of ether oxygens (including phenoxy) is 1. The number of likely N-dealkylation sites (tertiary alicyclic amines) is 1. The Balaban J connectivity index is 2.11. The zero-order valence-electron chi connectivity index (χ0n) is 11.2. The first kappa shape index (κ1) is 13.1. The van der Waals surface area contributed by atoms with Crippen molar-refractivity contribution in [2.45, 2.75) is 32.2 Å². The molecule has 1 fully saturated rings. The number of aromatic nitrogens is 2. The van der Waals surface area contributed by atoms with Gasteiger partial charge in [0.15, 0.2) is 0 Å². The minimum Gasteiger partial charge on any atom is -0.465 e. The molecule has 2 heterocycles. The molecule has 0 amide bonds. The van der Waals surface area contributed by atoms with Crippen molar-refractivity contribution in [1.82, 2.24) is 14.7 Å². The summed E-state index contributed by atoms with van der Waals surface area (Å²) < 4.78 is 6.57. The summed E-state index contributed by atoms with van der Waals surface area (Å²) in [7, 11) is 3.28. The lowest BCUT2D eigenvalue weighted by Crippen LogP contribution is -2.26. The Morgan fingerprint density at radius 1 is 1.33 bits per heavy atom. The highest BCUT2D eigenvalue weighted by atomic mass is 16.5. The van der Waals surface area contributed by atoms with Gasteiger partial charge in [-0.05, 0) is 25.9 Å². The highest BCUT2D eigenvalue weighted by molar-refractivity contribution is 5.90. The van der Waals surface area contributed by atoms with Crippen molar-refractivity contribution < 1.29 is 9.53 Å². The quantitative estimate of drug-likeness (QED) is 0.765. The molecular weight excluding hydrogens is 230 g/mol. The van der Waals surface area contributed by atoms with Gasteiger partial charge in [0.1, 0.15) is 5.56 Å². The molecule has 5 heteroatoms. The van der Waals surface area contributed by atoms with Crippen LogP contribution in [0.1, 0.15) is 41.7 Å². The highest BCUT2D eigenvalue weighted by Gasteiger charge is 2.19. The van der Waals surface area contributed by atoms with Crippen molar-refractivity contribution in [2.24, 2.45) is 7.05 Å². The van der Waals surface area contributed by atoms with E-state index < -0.39 is 0 Å². The second-order valence-corrected chi connectivity index (χ2v) is 4.81. The Morgan fingerprint density at radius 2 is 2.00 bits per heavy atom. The van der Waals surface area contributed by atoms with Crippen molar-refractivity contribution in [2.75, 3.05) is 20.2 Å². The normalized spacial score (nSPS) is 17.4. The molecule has 18 heavy (non-hydrogen) atoms. The van der Waals surface area contributed by atoms with Gasteiger partial charge in [0, 0.05) is 13.6 Å². The molecule has 0 aromatic carbocycles. The van der Waals surface area contributed by atoms with Gasteiger partial charge in [-0.25, -0.2) is 4.79 Å². The summed E-state index contributed by atoms with van der Waals surface area (Å²) in [5, 5.41) is 4.16. The molecule has 0 spiro atoms. The number of rotatable bonds is 3. The van der Waals surface area contributed by atoms with Gasteiger partial charge in [-0.2, -0.15) is 5.10 Å². The molecule has 1 aromatic heterocycles. The van der Waals surface area contributed by atoms with E-state index in [-0.39, 0.29) is 5.97 Å². The van der Waals surface area contributed by atoms with Gasteiger partial charge < -0.3 is 4.74 Å². The average Bonchev–Trinajstić information content (AvgIpc) is 2.59. The molecule has 0 radical (unpaired) electrons. The molecule has 2 rings (SSSR count). The molecule has 100 valence electrons. The maximum absolute atomic E-state index is 11.7. The first-order chi connectivity index (χ1) is 8.72. The monoisotopic (exact) mass is 251 g/mol. The Bertz CT molecular complexity index is 406. The van der Waals surface area contributed by atoms with Gasteiger partial charge in [0.2, 0.25) is 0 Å². The van der Waals surface area contributed by atoms with Crippen LogP contribution in [-0.4, -0.2) is 40.8 Å². The summed E-state index contributed by atoms with van der Waals surface area (Å²) >= 11 is 0. The maximum Gasteiger partial charge on any atom is 0.341 e. The Kier molecular flexibility index (Phi) is 4.36. The number of nitrogens with zero attached hydrogens (tertiary/aromatic N) is 3. The van der Waals surface area contributed by atoms with E-state index in [0.29, 0.717) is 5.56 Å². The Morgan fingerprint density at radius 3 is 2.61 bits per heavy atom. The number of carbonyl (C=O) groups is 1. The fourth-order valence-corrected chi connectivity index (χ4v) is 2.44. The summed E-state index contributed by atoms with van der Waals surface area (Å²) in [6.07, 6.45) is 6.70. The van der Waals surface area contributed by atoms with Gasteiger partial charge in [0.25, 0.3) is 0 Å². The molecule has 1 aliphatic heterocycles. The summed E-state index contributed by atoms with van der Waals surface area (Å²) in [5.74, 6) is -0.298. The predicted octanol–water partition coefficient (Wildman–Crippen LogP) is 1.58. The van der Waals surface area contributed by atoms with Crippen LogP contribution in [-0.2, 0) is 18.3 Å². The molecule has 0 bridgehead atoms. The molecule has 0 atom stereocenters. The predicted molar refractivity (Wildman–Crippen MR) is 68.3 cm³/mol. The molecule has 1 aromatic rings. The van der Waals surface area contributed by atoms with E-state index in [1.54, 1.807) is 10.9 Å². The second-order valence-electron chi connectivity index (χ2n) is 4.81. The van der Waals surface area contributed by atoms with E-state index in [2.05, 4.69) is 10.00 Å². The van der Waals surface area contributed by atoms with Gasteiger partial charge >= 0.3 is 5.97 Å². The lowest BCUT2D eigenvalue weighted by Gasteiger charge is -2.20. The van der Waals surface area contributed by atoms with Crippen LogP contribution in [0.3, 0.4) is 0 Å². The average molecular weight is 251 g/mol. The maximum atomic E-state index is 11.7. The van der Waals surface area contributed by atoms with Crippen LogP contribution < -0.4 is 0 Å². The van der Waals surface area contributed by atoms with Gasteiger partial charge in [0.05, 0.1) is 19.0 Å². The van der Waals surface area contributed by atoms with Crippen LogP contribution in [0.4, 0.5) is 0 Å². The van der Waals surface area contributed by atoms with Crippen LogP contribution in [0.5, 0.6) is 0 Å². The third-order valence-electron chi connectivity index (χ3n) is 3.54. The number of hydrogen-bond donors (Lipinski definition) is 0. The van der Waals surface area contributed by atoms with Crippen LogP contribution in [0, 0.1) is 0 Å². The molecular formula is C13H21N3O2. The molecule has 5 nitrogen and oxygen atoms in total. The van der Waals surface area contributed by atoms with E-state index in [9.17, 15) is 4.79 Å². The molecule has 0 unspecified atom stereocenters. The minimum atomic E-state index is -0.298. The standard InChI is InChI=1S/C13H21N3O2/c1-15-12(11(9-14-15)13(17)18-2)10-16-7-5-3-4-6-8-16/h9H,3-8,10H2,1-2H3. The summed E-state index contributed by atoms with van der Waals surface area (Å²) in [4.78, 5) is 14.1. The summed E-state index contributed by atoms with van der Waals surface area (Å²) in [5.41, 5.74) is 1.54. The second kappa shape index (κ2) is 6.00. The van der Waals surface area contributed by atoms with Crippen molar-refractivity contribution in [1.29, 1.82) is 0 Å². The zero-order valence-corrected chi connectivity index (χ0v) is 11.2. The number of hydrogen-bond acceptors (Lipinski definition) is 4. The smallest absolute Gasteiger partial charge is 0.341 e. The number of esters is 1. The highest BCUT2D eigenvalue weighted by Crippen LogP contribution is 2.16.